The summed E-state index contributed by atoms with van der Waals surface area (Å²) in [7, 11) is 0. The highest BCUT2D eigenvalue weighted by atomic mass is 19.4. The summed E-state index contributed by atoms with van der Waals surface area (Å²) in [6.45, 7) is 0. The fourth-order valence-electron chi connectivity index (χ4n) is 2.81. The zero-order valence-corrected chi connectivity index (χ0v) is 23.8. The van der Waals surface area contributed by atoms with Gasteiger partial charge in [-0.1, -0.05) is 18.2 Å². The predicted molar refractivity (Wildman–Crippen MR) is 123 cm³/mol. The Kier molecular flexibility index (Phi) is 12.8. The first-order chi connectivity index (χ1) is 23.4. The van der Waals surface area contributed by atoms with Crippen LogP contribution in [0.4, 0.5) is 121 Å². The Labute approximate surface area is 274 Å². The summed E-state index contributed by atoms with van der Waals surface area (Å²) in [5, 5.41) is 0. The van der Waals surface area contributed by atoms with Crippen molar-refractivity contribution in [2.75, 3.05) is 11.5 Å². The second-order valence-corrected chi connectivity index (χ2v) is 9.23. The van der Waals surface area contributed by atoms with Gasteiger partial charge in [0, 0.05) is 0 Å². The van der Waals surface area contributed by atoms with Gasteiger partial charge in [0.15, 0.2) is 11.6 Å². The normalized spacial score (nSPS) is 14.9. The van der Waals surface area contributed by atoms with Crippen molar-refractivity contribution in [3.8, 4) is 11.5 Å². The van der Waals surface area contributed by atoms with Crippen molar-refractivity contribution in [3.63, 3.8) is 0 Å². The zero-order chi connectivity index (χ0) is 42.3. The molecule has 0 heterocycles. The smallest absolute Gasteiger partial charge is 0.430 e. The van der Waals surface area contributed by atoms with Gasteiger partial charge in [0.2, 0.25) is 23.2 Å². The van der Waals surface area contributed by atoms with Crippen molar-refractivity contribution >= 4 is 11.4 Å². The van der Waals surface area contributed by atoms with Gasteiger partial charge in [0.05, 0.1) is 11.4 Å². The van der Waals surface area contributed by atoms with Crippen LogP contribution in [0.15, 0.2) is 54.0 Å². The molecule has 53 heavy (non-hydrogen) atoms. The second kappa shape index (κ2) is 14.7. The van der Waals surface area contributed by atoms with Crippen LogP contribution in [-0.4, -0.2) is 47.9 Å². The number of hydrogen-bond acceptors (Lipinski definition) is 4. The van der Waals surface area contributed by atoms with E-state index >= 15 is 0 Å². The lowest BCUT2D eigenvalue weighted by molar-refractivity contribution is -0.392. The highest BCUT2D eigenvalue weighted by molar-refractivity contribution is 5.68. The van der Waals surface area contributed by atoms with Crippen LogP contribution in [0.5, 0.6) is 11.5 Å². The molecule has 0 saturated heterocycles. The van der Waals surface area contributed by atoms with Crippen molar-refractivity contribution in [1.29, 1.82) is 0 Å². The first-order valence-corrected chi connectivity index (χ1v) is 12.0. The minimum Gasteiger partial charge on any atom is -0.430 e. The first-order valence-electron chi connectivity index (χ1n) is 12.0. The van der Waals surface area contributed by atoms with Crippen LogP contribution in [0.2, 0.25) is 0 Å². The van der Waals surface area contributed by atoms with Gasteiger partial charge in [0.25, 0.3) is 0 Å². The summed E-state index contributed by atoms with van der Waals surface area (Å²) >= 11 is 0. The molecule has 0 spiro atoms. The van der Waals surface area contributed by atoms with E-state index < -0.39 is 112 Å². The molecule has 2 aromatic carbocycles. The molecule has 4 nitrogen and oxygen atoms in total. The van der Waals surface area contributed by atoms with E-state index in [2.05, 4.69) is 9.47 Å². The van der Waals surface area contributed by atoms with Crippen molar-refractivity contribution in [3.05, 3.63) is 71.5 Å². The van der Waals surface area contributed by atoms with E-state index in [4.69, 9.17) is 11.5 Å². The number of benzene rings is 2. The number of anilines is 2. The van der Waals surface area contributed by atoms with Crippen molar-refractivity contribution in [2.45, 2.75) is 47.9 Å². The minimum absolute atomic E-state index is 0.702. The molecule has 0 aliphatic carbocycles. The predicted octanol–water partition coefficient (Wildman–Crippen LogP) is 10.9. The fourth-order valence-corrected chi connectivity index (χ4v) is 2.81. The molecule has 0 aliphatic heterocycles. The van der Waals surface area contributed by atoms with E-state index in [0.29, 0.717) is 0 Å². The average molecular weight is 832 g/mol. The van der Waals surface area contributed by atoms with Crippen molar-refractivity contribution < 1.29 is 119 Å². The third-order valence-corrected chi connectivity index (χ3v) is 5.68. The highest BCUT2D eigenvalue weighted by Gasteiger charge is 2.84. The fraction of sp³-hybridized carbons (Fsp3) is 0.333. The van der Waals surface area contributed by atoms with Crippen LogP contribution in [0.3, 0.4) is 0 Å². The minimum atomic E-state index is -7.65. The molecule has 4 N–H and O–H groups in total. The molecule has 0 unspecified atom stereocenters. The van der Waals surface area contributed by atoms with Gasteiger partial charge in [-0.2, -0.15) is 101 Å². The second-order valence-electron chi connectivity index (χ2n) is 9.23. The first kappa shape index (κ1) is 46.4. The van der Waals surface area contributed by atoms with Crippen LogP contribution < -0.4 is 20.9 Å². The number of para-hydroxylation sites is 1. The lowest BCUT2D eigenvalue weighted by Gasteiger charge is -2.32. The van der Waals surface area contributed by atoms with E-state index in [1.165, 1.54) is 6.07 Å². The molecule has 2 aromatic rings. The Morgan fingerprint density at radius 1 is 0.434 bits per heavy atom. The van der Waals surface area contributed by atoms with Gasteiger partial charge >= 0.3 is 59.9 Å². The number of allylic oxidation sites excluding steroid dienone is 2. The zero-order valence-electron chi connectivity index (χ0n) is 23.8. The van der Waals surface area contributed by atoms with E-state index in [0.717, 1.165) is 24.3 Å². The lowest BCUT2D eigenvalue weighted by Crippen LogP contribution is -2.61. The molecule has 29 heteroatoms. The molecule has 0 amide bonds. The lowest BCUT2D eigenvalue weighted by atomic mass is 10.0. The molecule has 2 rings (SSSR count). The molecule has 302 valence electrons. The number of rotatable bonds is 10. The monoisotopic (exact) mass is 832 g/mol. The van der Waals surface area contributed by atoms with Gasteiger partial charge in [-0.3, -0.25) is 0 Å². The molecular formula is C24H9F25N2O2. The third kappa shape index (κ3) is 8.15. The Morgan fingerprint density at radius 2 is 0.755 bits per heavy atom. The van der Waals surface area contributed by atoms with Crippen LogP contribution in [0.1, 0.15) is 0 Å². The average Bonchev–Trinajstić information content (AvgIpc) is 3.03. The number of alkyl halides is 18. The maximum atomic E-state index is 13.6. The molecule has 0 aromatic heterocycles. The van der Waals surface area contributed by atoms with Crippen molar-refractivity contribution in [2.24, 2.45) is 0 Å². The molecule has 0 fully saturated rings. The Hall–Kier alpha value is -4.63. The van der Waals surface area contributed by atoms with Gasteiger partial charge in [-0.25, -0.2) is 8.78 Å². The molecule has 0 radical (unpaired) electrons. The van der Waals surface area contributed by atoms with Crippen LogP contribution >= 0.6 is 0 Å². The number of hydrogen-bond donors (Lipinski definition) is 2. The van der Waals surface area contributed by atoms with Crippen LogP contribution in [0.25, 0.3) is 0 Å². The van der Waals surface area contributed by atoms with Crippen molar-refractivity contribution in [1.82, 2.24) is 0 Å². The topological polar surface area (TPSA) is 70.5 Å². The maximum Gasteiger partial charge on any atom is 0.460 e. The van der Waals surface area contributed by atoms with Crippen LogP contribution in [0, 0.1) is 17.5 Å². The van der Waals surface area contributed by atoms with Gasteiger partial charge in [-0.15, -0.1) is 0 Å². The largest absolute Gasteiger partial charge is 0.460 e. The van der Waals surface area contributed by atoms with Gasteiger partial charge < -0.3 is 20.9 Å². The molecule has 0 aliphatic rings. The number of nitrogens with two attached hydrogens (primary N) is 2. The Bertz CT molecular complexity index is 1670. The summed E-state index contributed by atoms with van der Waals surface area (Å²) in [5.41, 5.74) is 6.45. The summed E-state index contributed by atoms with van der Waals surface area (Å²) in [6, 6.07) is -1.69. The van der Waals surface area contributed by atoms with E-state index in [9.17, 15) is 110 Å². The van der Waals surface area contributed by atoms with Crippen LogP contribution in [-0.2, 0) is 0 Å². The number of nitrogen functional groups attached to an aromatic ring is 2. The Balaban J connectivity index is 0.000000540. The molecular weight excluding hydrogens is 823 g/mol. The van der Waals surface area contributed by atoms with Gasteiger partial charge in [-0.05, 0) is 12.1 Å². The Morgan fingerprint density at radius 3 is 1.09 bits per heavy atom. The SMILES string of the molecule is FC(Oc1ccccc1)=C(F)C(F)(F)C(F)(F)C(F)(F)C(F)(F)F.Nc1c(N)c(F)c(OC(F)=C(F)C(F)(F)C(F)(F)C(F)(F)C(F)(F)F)c(F)c1F. The summed E-state index contributed by atoms with van der Waals surface area (Å²) < 4.78 is 326. The maximum absolute atomic E-state index is 13.6. The summed E-state index contributed by atoms with van der Waals surface area (Å²) in [4.78, 5) is 0. The molecule has 0 atom stereocenters. The summed E-state index contributed by atoms with van der Waals surface area (Å²) in [5.74, 6) is -62.9. The molecule has 0 saturated carbocycles. The number of halogens is 25. The highest BCUT2D eigenvalue weighted by Crippen LogP contribution is 2.57. The van der Waals surface area contributed by atoms with Gasteiger partial charge in [0.1, 0.15) is 5.75 Å². The molecule has 0 bridgehead atoms. The van der Waals surface area contributed by atoms with E-state index in [1.807, 2.05) is 0 Å². The third-order valence-electron chi connectivity index (χ3n) is 5.68. The number of ether oxygens (including phenoxy) is 2. The quantitative estimate of drug-likeness (QED) is 0.108. The standard InChI is InChI=1S/C12H4F14N2O.C12H5F11O/c13-1-2(14)6(3(15)5(28)4(1)27)29-8(17)7(16)9(18,19)10(20,21)11(22,23)12(24,25)26;13-7(8(14)24-6-4-2-1-3-5-6)9(15,16)10(17,18)11(19,20)12(21,22)23/h27-28H2;1-5H. The van der Waals surface area contributed by atoms with E-state index in [-0.39, 0.29) is 0 Å². The summed E-state index contributed by atoms with van der Waals surface area (Å²) in [6.07, 6.45) is -14.5. The van der Waals surface area contributed by atoms with E-state index in [1.54, 1.807) is 0 Å².